The molecule has 2 N–H and O–H groups in total. The third-order valence-electron chi connectivity index (χ3n) is 5.52. The highest BCUT2D eigenvalue weighted by atomic mass is 16.6. The van der Waals surface area contributed by atoms with Crippen molar-refractivity contribution in [2.45, 2.75) is 57.3 Å². The second kappa shape index (κ2) is 9.02. The fourth-order valence-electron chi connectivity index (χ4n) is 4.35. The lowest BCUT2D eigenvalue weighted by molar-refractivity contribution is -0.0892. The Bertz CT molecular complexity index is 1020. The van der Waals surface area contributed by atoms with Gasteiger partial charge in [-0.05, 0) is 38.8 Å². The van der Waals surface area contributed by atoms with Gasteiger partial charge in [-0.25, -0.2) is 4.79 Å². The summed E-state index contributed by atoms with van der Waals surface area (Å²) < 4.78 is 5.44. The van der Waals surface area contributed by atoms with Crippen LogP contribution in [-0.4, -0.2) is 47.2 Å². The van der Waals surface area contributed by atoms with Crippen LogP contribution in [-0.2, 0) is 10.3 Å². The van der Waals surface area contributed by atoms with Gasteiger partial charge in [0.2, 0.25) is 0 Å². The normalized spacial score (nSPS) is 22.8. The van der Waals surface area contributed by atoms with Gasteiger partial charge in [0.15, 0.2) is 5.78 Å². The Kier molecular flexibility index (Phi) is 6.70. The average Bonchev–Trinajstić information content (AvgIpc) is 2.69. The standard InChI is InChI=1S/C27H34N2O4/c1-25(2,3)33-24(31)28-27(17-26(4,32)18-27)21-14-12-20(13-15-21)23(30)22(16-29(5)6)19-10-8-7-9-11-19/h7-16,32H,17-18H2,1-6H3,(H,28,31)/b22-16-/t26-,27-. The van der Waals surface area contributed by atoms with Crippen molar-refractivity contribution < 1.29 is 19.4 Å². The Morgan fingerprint density at radius 3 is 2.06 bits per heavy atom. The highest BCUT2D eigenvalue weighted by Gasteiger charge is 2.53. The van der Waals surface area contributed by atoms with Gasteiger partial charge in [0.1, 0.15) is 5.60 Å². The van der Waals surface area contributed by atoms with Crippen molar-refractivity contribution in [1.82, 2.24) is 10.2 Å². The Balaban J connectivity index is 1.88. The summed E-state index contributed by atoms with van der Waals surface area (Å²) in [5.74, 6) is -0.0868. The molecule has 0 saturated heterocycles. The SMILES string of the molecule is CN(C)/C=C(\C(=O)c1ccc([C@]2(NC(=O)OC(C)(C)C)C[C@](C)(O)C2)cc1)c1ccccc1. The van der Waals surface area contributed by atoms with E-state index in [2.05, 4.69) is 5.32 Å². The number of benzene rings is 2. The molecule has 3 rings (SSSR count). The summed E-state index contributed by atoms with van der Waals surface area (Å²) in [7, 11) is 3.77. The van der Waals surface area contributed by atoms with Gasteiger partial charge in [0, 0.05) is 44.3 Å². The number of rotatable bonds is 6. The summed E-state index contributed by atoms with van der Waals surface area (Å²) in [5.41, 5.74) is 0.581. The van der Waals surface area contributed by atoms with Gasteiger partial charge >= 0.3 is 6.09 Å². The molecule has 0 atom stereocenters. The first-order valence-electron chi connectivity index (χ1n) is 11.1. The Morgan fingerprint density at radius 2 is 1.58 bits per heavy atom. The van der Waals surface area contributed by atoms with Crippen LogP contribution in [0.4, 0.5) is 4.79 Å². The van der Waals surface area contributed by atoms with Crippen LogP contribution in [0.2, 0.25) is 0 Å². The molecule has 0 heterocycles. The number of alkyl carbamates (subject to hydrolysis) is 1. The molecule has 176 valence electrons. The number of aliphatic hydroxyl groups is 1. The number of ketones is 1. The molecule has 1 fully saturated rings. The van der Waals surface area contributed by atoms with E-state index >= 15 is 0 Å². The first-order valence-corrected chi connectivity index (χ1v) is 11.1. The largest absolute Gasteiger partial charge is 0.444 e. The Labute approximate surface area is 196 Å². The minimum absolute atomic E-state index is 0.0868. The van der Waals surface area contributed by atoms with Crippen LogP contribution in [0.25, 0.3) is 5.57 Å². The lowest BCUT2D eigenvalue weighted by Gasteiger charge is -2.52. The summed E-state index contributed by atoms with van der Waals surface area (Å²) in [6.07, 6.45) is 2.02. The molecular formula is C27H34N2O4. The number of Topliss-reactive ketones (excluding diaryl/α,β-unsaturated/α-hetero) is 1. The Hall–Kier alpha value is -3.12. The average molecular weight is 451 g/mol. The summed E-state index contributed by atoms with van der Waals surface area (Å²) in [6, 6.07) is 16.8. The number of carbonyl (C=O) groups is 2. The quantitative estimate of drug-likeness (QED) is 0.491. The molecule has 1 amide bonds. The van der Waals surface area contributed by atoms with E-state index in [1.165, 1.54) is 0 Å². The van der Waals surface area contributed by atoms with Crippen LogP contribution in [0.3, 0.4) is 0 Å². The highest BCUT2D eigenvalue weighted by Crippen LogP contribution is 2.48. The first kappa shape index (κ1) is 24.5. The van der Waals surface area contributed by atoms with E-state index < -0.39 is 22.8 Å². The van der Waals surface area contributed by atoms with Gasteiger partial charge < -0.3 is 20.1 Å². The molecule has 2 aromatic carbocycles. The topological polar surface area (TPSA) is 78.9 Å². The van der Waals surface area contributed by atoms with Crippen LogP contribution >= 0.6 is 0 Å². The van der Waals surface area contributed by atoms with E-state index in [0.29, 0.717) is 24.0 Å². The number of hydrogen-bond acceptors (Lipinski definition) is 5. The maximum Gasteiger partial charge on any atom is 0.408 e. The molecule has 1 aliphatic rings. The minimum Gasteiger partial charge on any atom is -0.444 e. The van der Waals surface area contributed by atoms with E-state index in [4.69, 9.17) is 4.74 Å². The summed E-state index contributed by atoms with van der Waals surface area (Å²) in [5, 5.41) is 13.4. The zero-order valence-corrected chi connectivity index (χ0v) is 20.3. The molecule has 0 radical (unpaired) electrons. The molecular weight excluding hydrogens is 416 g/mol. The van der Waals surface area contributed by atoms with E-state index in [1.54, 1.807) is 19.1 Å². The van der Waals surface area contributed by atoms with Crippen molar-refractivity contribution in [3.8, 4) is 0 Å². The minimum atomic E-state index is -0.877. The van der Waals surface area contributed by atoms with Gasteiger partial charge in [-0.2, -0.15) is 0 Å². The lowest BCUT2D eigenvalue weighted by atomic mass is 9.62. The van der Waals surface area contributed by atoms with E-state index in [9.17, 15) is 14.7 Å². The molecule has 0 spiro atoms. The van der Waals surface area contributed by atoms with Crippen LogP contribution in [0.15, 0.2) is 60.8 Å². The van der Waals surface area contributed by atoms with E-state index in [0.717, 1.165) is 11.1 Å². The number of hydrogen-bond donors (Lipinski definition) is 2. The number of allylic oxidation sites excluding steroid dienone is 1. The molecule has 0 bridgehead atoms. The van der Waals surface area contributed by atoms with Crippen molar-refractivity contribution >= 4 is 17.4 Å². The summed E-state index contributed by atoms with van der Waals surface area (Å²) in [6.45, 7) is 7.17. The summed E-state index contributed by atoms with van der Waals surface area (Å²) >= 11 is 0. The van der Waals surface area contributed by atoms with Gasteiger partial charge in [0.25, 0.3) is 0 Å². The zero-order valence-electron chi connectivity index (χ0n) is 20.3. The number of ether oxygens (including phenoxy) is 1. The van der Waals surface area contributed by atoms with Gasteiger partial charge in [-0.15, -0.1) is 0 Å². The Morgan fingerprint density at radius 1 is 1.00 bits per heavy atom. The fraction of sp³-hybridized carbons (Fsp3) is 0.407. The number of carbonyl (C=O) groups excluding carboxylic acids is 2. The second-order valence-electron chi connectivity index (χ2n) is 10.3. The van der Waals surface area contributed by atoms with Gasteiger partial charge in [-0.1, -0.05) is 54.6 Å². The van der Waals surface area contributed by atoms with Gasteiger partial charge in [0.05, 0.1) is 11.1 Å². The summed E-state index contributed by atoms with van der Waals surface area (Å²) in [4.78, 5) is 27.7. The van der Waals surface area contributed by atoms with Crippen LogP contribution in [0.5, 0.6) is 0 Å². The maximum absolute atomic E-state index is 13.3. The van der Waals surface area contributed by atoms with Crippen molar-refractivity contribution in [2.24, 2.45) is 0 Å². The van der Waals surface area contributed by atoms with Crippen molar-refractivity contribution in [3.63, 3.8) is 0 Å². The molecule has 33 heavy (non-hydrogen) atoms. The zero-order chi connectivity index (χ0) is 24.4. The van der Waals surface area contributed by atoms with Crippen molar-refractivity contribution in [2.75, 3.05) is 14.1 Å². The van der Waals surface area contributed by atoms with Crippen LogP contribution in [0.1, 0.15) is 62.0 Å². The molecule has 1 aliphatic carbocycles. The fourth-order valence-corrected chi connectivity index (χ4v) is 4.35. The number of nitrogens with zero attached hydrogens (tertiary/aromatic N) is 1. The monoisotopic (exact) mass is 450 g/mol. The molecule has 6 nitrogen and oxygen atoms in total. The first-order chi connectivity index (χ1) is 15.3. The van der Waals surface area contributed by atoms with E-state index in [1.807, 2.05) is 88.4 Å². The van der Waals surface area contributed by atoms with Crippen molar-refractivity contribution in [3.05, 3.63) is 77.5 Å². The highest BCUT2D eigenvalue weighted by molar-refractivity contribution is 6.28. The molecule has 0 aliphatic heterocycles. The lowest BCUT2D eigenvalue weighted by Crippen LogP contribution is -2.62. The van der Waals surface area contributed by atoms with Crippen LogP contribution in [0, 0.1) is 0 Å². The third kappa shape index (κ3) is 6.02. The van der Waals surface area contributed by atoms with Crippen molar-refractivity contribution in [1.29, 1.82) is 0 Å². The predicted octanol–water partition coefficient (Wildman–Crippen LogP) is 4.74. The van der Waals surface area contributed by atoms with E-state index in [-0.39, 0.29) is 5.78 Å². The van der Waals surface area contributed by atoms with Crippen LogP contribution < -0.4 is 5.32 Å². The molecule has 6 heteroatoms. The maximum atomic E-state index is 13.3. The number of amides is 1. The molecule has 1 saturated carbocycles. The third-order valence-corrected chi connectivity index (χ3v) is 5.52. The molecule has 0 aromatic heterocycles. The van der Waals surface area contributed by atoms with Gasteiger partial charge in [-0.3, -0.25) is 4.79 Å². The smallest absolute Gasteiger partial charge is 0.408 e. The molecule has 0 unspecified atom stereocenters. The second-order valence-corrected chi connectivity index (χ2v) is 10.3. The number of nitrogens with one attached hydrogen (secondary N) is 1. The molecule has 2 aromatic rings. The predicted molar refractivity (Wildman–Crippen MR) is 130 cm³/mol.